The summed E-state index contributed by atoms with van der Waals surface area (Å²) in [4.78, 5) is 43.0. The van der Waals surface area contributed by atoms with Crippen molar-refractivity contribution >= 4 is 57.5 Å². The Morgan fingerprint density at radius 3 is 2.00 bits per heavy atom. The normalized spacial score (nSPS) is 14.2. The van der Waals surface area contributed by atoms with Gasteiger partial charge in [-0.1, -0.05) is 88.6 Å². The van der Waals surface area contributed by atoms with Crippen molar-refractivity contribution in [2.45, 2.75) is 65.3 Å². The highest BCUT2D eigenvalue weighted by Crippen LogP contribution is 2.44. The second kappa shape index (κ2) is 18.9. The lowest BCUT2D eigenvalue weighted by atomic mass is 9.64. The Bertz CT molecular complexity index is 1840. The summed E-state index contributed by atoms with van der Waals surface area (Å²) in [6, 6.07) is 18.3. The smallest absolute Gasteiger partial charge is 0.241 e. The summed E-state index contributed by atoms with van der Waals surface area (Å²) >= 11 is 0. The summed E-state index contributed by atoms with van der Waals surface area (Å²) in [7, 11) is 5.93. The summed E-state index contributed by atoms with van der Waals surface area (Å²) in [5, 5.41) is 13.5. The minimum Gasteiger partial charge on any atom is -0.377 e. The number of carbonyl (C=O) groups excluding carboxylic acids is 3. The number of amides is 3. The van der Waals surface area contributed by atoms with Gasteiger partial charge in [0.25, 0.3) is 0 Å². The SMILES string of the molecule is [B]c1ccccc1CNCCNC(=O)C(C)(CC)CC(C)(CC(C)(C)C(=O)NCCNS(=O)(=O)c1cccc2c(N(C)C)cccc12)C(=O)NCCN. The van der Waals surface area contributed by atoms with Crippen molar-refractivity contribution in [3.8, 4) is 0 Å². The number of nitrogens with two attached hydrogens (primary N) is 1. The van der Waals surface area contributed by atoms with Gasteiger partial charge in [0.2, 0.25) is 27.7 Å². The van der Waals surface area contributed by atoms with Crippen LogP contribution in [0.4, 0.5) is 5.69 Å². The molecule has 0 aliphatic carbocycles. The number of hydrogen-bond donors (Lipinski definition) is 6. The molecule has 0 bridgehead atoms. The van der Waals surface area contributed by atoms with Crippen LogP contribution in [0.5, 0.6) is 0 Å². The minimum absolute atomic E-state index is 0.0330. The lowest BCUT2D eigenvalue weighted by molar-refractivity contribution is -0.141. The number of carbonyl (C=O) groups is 3. The van der Waals surface area contributed by atoms with Crippen molar-refractivity contribution in [2.24, 2.45) is 22.0 Å². The van der Waals surface area contributed by atoms with Gasteiger partial charge >= 0.3 is 0 Å². The summed E-state index contributed by atoms with van der Waals surface area (Å²) in [6.45, 7) is 11.0. The first-order chi connectivity index (χ1) is 24.9. The predicted molar refractivity (Wildman–Crippen MR) is 215 cm³/mol. The quantitative estimate of drug-likeness (QED) is 0.0712. The van der Waals surface area contributed by atoms with Gasteiger partial charge in [0.15, 0.2) is 0 Å². The molecule has 2 atom stereocenters. The Balaban J connectivity index is 1.65. The molecule has 7 N–H and O–H groups in total. The van der Waals surface area contributed by atoms with Crippen LogP contribution in [0.1, 0.15) is 59.4 Å². The summed E-state index contributed by atoms with van der Waals surface area (Å²) in [5.41, 5.74) is 5.18. The molecule has 0 heterocycles. The molecule has 0 aliphatic rings. The van der Waals surface area contributed by atoms with Crippen molar-refractivity contribution < 1.29 is 22.8 Å². The van der Waals surface area contributed by atoms with Gasteiger partial charge in [-0.2, -0.15) is 0 Å². The molecule has 0 fully saturated rings. The molecule has 288 valence electrons. The molecule has 0 saturated heterocycles. The van der Waals surface area contributed by atoms with Crippen LogP contribution in [0.2, 0.25) is 0 Å². The lowest BCUT2D eigenvalue weighted by Gasteiger charge is -2.41. The van der Waals surface area contributed by atoms with Gasteiger partial charge in [0.05, 0.1) is 4.90 Å². The van der Waals surface area contributed by atoms with E-state index >= 15 is 0 Å². The molecule has 0 spiro atoms. The molecule has 3 aromatic carbocycles. The molecule has 53 heavy (non-hydrogen) atoms. The Labute approximate surface area is 317 Å². The van der Waals surface area contributed by atoms with E-state index in [0.29, 0.717) is 36.9 Å². The molecule has 0 saturated carbocycles. The average Bonchev–Trinajstić information content (AvgIpc) is 3.11. The van der Waals surface area contributed by atoms with Gasteiger partial charge in [-0.15, -0.1) is 0 Å². The Morgan fingerprint density at radius 2 is 1.34 bits per heavy atom. The van der Waals surface area contributed by atoms with Crippen molar-refractivity contribution in [3.63, 3.8) is 0 Å². The Kier molecular flexibility index (Phi) is 15.5. The van der Waals surface area contributed by atoms with Crippen LogP contribution < -0.4 is 42.1 Å². The topological polar surface area (TPSA) is 175 Å². The molecule has 2 radical (unpaired) electrons. The third-order valence-corrected chi connectivity index (χ3v) is 11.3. The van der Waals surface area contributed by atoms with Crippen LogP contribution in [-0.2, 0) is 31.0 Å². The molecule has 0 aliphatic heterocycles. The van der Waals surface area contributed by atoms with Gasteiger partial charge in [-0.05, 0) is 37.0 Å². The minimum atomic E-state index is -3.90. The Hall–Kier alpha value is -3.98. The summed E-state index contributed by atoms with van der Waals surface area (Å²) < 4.78 is 29.4. The first-order valence-electron chi connectivity index (χ1n) is 18.2. The van der Waals surface area contributed by atoms with E-state index in [4.69, 9.17) is 13.6 Å². The van der Waals surface area contributed by atoms with Gasteiger partial charge in [-0.25, -0.2) is 13.1 Å². The van der Waals surface area contributed by atoms with Crippen molar-refractivity contribution in [3.05, 3.63) is 66.2 Å². The predicted octanol–water partition coefficient (Wildman–Crippen LogP) is 2.30. The van der Waals surface area contributed by atoms with Gasteiger partial charge < -0.3 is 31.9 Å². The molecule has 0 aromatic heterocycles. The number of sulfonamides is 1. The van der Waals surface area contributed by atoms with E-state index in [1.54, 1.807) is 39.0 Å². The third kappa shape index (κ3) is 11.5. The van der Waals surface area contributed by atoms with E-state index in [-0.39, 0.29) is 61.6 Å². The molecule has 3 amide bonds. The fourth-order valence-electron chi connectivity index (χ4n) is 6.87. The maximum Gasteiger partial charge on any atom is 0.241 e. The maximum atomic E-state index is 13.7. The largest absolute Gasteiger partial charge is 0.377 e. The zero-order valence-electron chi connectivity index (χ0n) is 32.4. The molecule has 14 heteroatoms. The fraction of sp³-hybridized carbons (Fsp3) is 0.513. The zero-order valence-corrected chi connectivity index (χ0v) is 33.2. The lowest BCUT2D eigenvalue weighted by Crippen LogP contribution is -2.51. The van der Waals surface area contributed by atoms with Gasteiger partial charge in [0.1, 0.15) is 7.85 Å². The number of anilines is 1. The maximum absolute atomic E-state index is 13.7. The second-order valence-corrected chi connectivity index (χ2v) is 16.8. The highest BCUT2D eigenvalue weighted by Gasteiger charge is 2.47. The van der Waals surface area contributed by atoms with Crippen molar-refractivity contribution in [1.29, 1.82) is 0 Å². The molecule has 2 unspecified atom stereocenters. The van der Waals surface area contributed by atoms with Crippen LogP contribution in [0, 0.1) is 16.2 Å². The first-order valence-corrected chi connectivity index (χ1v) is 19.7. The summed E-state index contributed by atoms with van der Waals surface area (Å²) in [5.74, 6) is -0.820. The van der Waals surface area contributed by atoms with E-state index in [2.05, 4.69) is 26.0 Å². The monoisotopic (exact) mass is 747 g/mol. The number of rotatable bonds is 21. The molecule has 12 nitrogen and oxygen atoms in total. The standard InChI is InChI=1S/C39H58BN7O5S/c1-8-38(4,35(49)45-22-21-42-25-28-13-9-10-16-31(28)40)27-39(5,36(50)43-20-19-41)26-37(2,3)34(48)44-23-24-46-53(51,52)33-18-12-14-29-30(33)15-11-17-32(29)47(6)7/h9-18,42,46H,8,19-27,41H2,1-7H3,(H,43,50)(H,44,48)(H,45,49). The Morgan fingerprint density at radius 1 is 0.736 bits per heavy atom. The van der Waals surface area contributed by atoms with Crippen molar-refractivity contribution in [1.82, 2.24) is 26.0 Å². The second-order valence-electron chi connectivity index (χ2n) is 15.1. The van der Waals surface area contributed by atoms with Crippen molar-refractivity contribution in [2.75, 3.05) is 58.3 Å². The zero-order chi connectivity index (χ0) is 39.5. The third-order valence-electron chi connectivity index (χ3n) is 9.82. The summed E-state index contributed by atoms with van der Waals surface area (Å²) in [6.07, 6.45) is 0.775. The molecular formula is C39H58BN7O5S. The van der Waals surface area contributed by atoms with Gasteiger partial charge in [-0.3, -0.25) is 14.4 Å². The van der Waals surface area contributed by atoms with Crippen LogP contribution in [-0.4, -0.2) is 87.3 Å². The van der Waals surface area contributed by atoms with Crippen LogP contribution in [0.25, 0.3) is 10.8 Å². The van der Waals surface area contributed by atoms with E-state index in [9.17, 15) is 22.8 Å². The number of hydrogen-bond acceptors (Lipinski definition) is 8. The highest BCUT2D eigenvalue weighted by atomic mass is 32.2. The van der Waals surface area contributed by atoms with E-state index in [1.807, 2.05) is 75.3 Å². The van der Waals surface area contributed by atoms with E-state index < -0.39 is 26.3 Å². The van der Waals surface area contributed by atoms with Crippen LogP contribution in [0.3, 0.4) is 0 Å². The number of nitrogens with one attached hydrogen (secondary N) is 5. The van der Waals surface area contributed by atoms with E-state index in [0.717, 1.165) is 16.6 Å². The van der Waals surface area contributed by atoms with Crippen LogP contribution >= 0.6 is 0 Å². The fourth-order valence-corrected chi connectivity index (χ4v) is 8.12. The average molecular weight is 748 g/mol. The molecule has 3 rings (SSSR count). The highest BCUT2D eigenvalue weighted by molar-refractivity contribution is 7.89. The number of benzene rings is 3. The first kappa shape index (κ1) is 43.4. The van der Waals surface area contributed by atoms with Crippen LogP contribution in [0.15, 0.2) is 65.6 Å². The van der Waals surface area contributed by atoms with E-state index in [1.165, 1.54) is 0 Å². The number of nitrogens with zero attached hydrogens (tertiary/aromatic N) is 1. The molecular weight excluding hydrogens is 689 g/mol. The molecule has 3 aromatic rings. The number of fused-ring (bicyclic) bond motifs is 1. The van der Waals surface area contributed by atoms with Gasteiger partial charge in [0, 0.05) is 92.6 Å².